The lowest BCUT2D eigenvalue weighted by molar-refractivity contribution is -0.115. The fourth-order valence-corrected chi connectivity index (χ4v) is 3.20. The van der Waals surface area contributed by atoms with Crippen molar-refractivity contribution in [1.82, 2.24) is 4.98 Å². The number of aromatic nitrogens is 1. The van der Waals surface area contributed by atoms with Crippen molar-refractivity contribution in [2.24, 2.45) is 5.10 Å². The maximum atomic E-state index is 12.0. The fraction of sp³-hybridized carbons (Fsp3) is 0.0556. The van der Waals surface area contributed by atoms with E-state index in [9.17, 15) is 4.79 Å². The van der Waals surface area contributed by atoms with Gasteiger partial charge < -0.3 is 0 Å². The van der Waals surface area contributed by atoms with Crippen LogP contribution in [0.3, 0.4) is 0 Å². The van der Waals surface area contributed by atoms with Gasteiger partial charge in [0.15, 0.2) is 5.13 Å². The number of para-hydroxylation sites is 1. The highest BCUT2D eigenvalue weighted by Gasteiger charge is 2.17. The molecule has 7 heteroatoms. The van der Waals surface area contributed by atoms with Gasteiger partial charge in [0, 0.05) is 17.3 Å². The van der Waals surface area contributed by atoms with Crippen molar-refractivity contribution in [1.29, 1.82) is 0 Å². The lowest BCUT2D eigenvalue weighted by Gasteiger charge is -2.17. The predicted octanol–water partition coefficient (Wildman–Crippen LogP) is 4.93. The Morgan fingerprint density at radius 1 is 1.24 bits per heavy atom. The van der Waals surface area contributed by atoms with Crippen LogP contribution < -0.4 is 10.3 Å². The Kier molecular flexibility index (Phi) is 5.42. The van der Waals surface area contributed by atoms with Gasteiger partial charge in [0.2, 0.25) is 5.91 Å². The minimum absolute atomic E-state index is 0.0962. The molecule has 0 aliphatic rings. The Balaban J connectivity index is 1.75. The quantitative estimate of drug-likeness (QED) is 0.512. The molecule has 0 saturated heterocycles. The summed E-state index contributed by atoms with van der Waals surface area (Å²) in [5.41, 5.74) is 5.13. The number of hydrogen-bond donors (Lipinski definition) is 1. The zero-order valence-corrected chi connectivity index (χ0v) is 15.0. The van der Waals surface area contributed by atoms with E-state index in [0.717, 1.165) is 11.4 Å². The molecule has 1 heterocycles. The van der Waals surface area contributed by atoms with E-state index in [1.807, 2.05) is 47.8 Å². The van der Waals surface area contributed by atoms with Gasteiger partial charge in [-0.2, -0.15) is 5.10 Å². The van der Waals surface area contributed by atoms with Crippen LogP contribution in [0, 0.1) is 0 Å². The van der Waals surface area contributed by atoms with Gasteiger partial charge in [-0.1, -0.05) is 35.9 Å². The fourth-order valence-electron chi connectivity index (χ4n) is 2.17. The van der Waals surface area contributed by atoms with Crippen LogP contribution >= 0.6 is 22.9 Å². The molecule has 0 aliphatic carbocycles. The van der Waals surface area contributed by atoms with Crippen molar-refractivity contribution in [2.45, 2.75) is 6.92 Å². The van der Waals surface area contributed by atoms with Crippen LogP contribution in [0.15, 0.2) is 65.1 Å². The predicted molar refractivity (Wildman–Crippen MR) is 104 cm³/mol. The molecule has 1 N–H and O–H groups in total. The monoisotopic (exact) mass is 370 g/mol. The van der Waals surface area contributed by atoms with Gasteiger partial charge in [0.05, 0.1) is 23.3 Å². The first kappa shape index (κ1) is 17.1. The summed E-state index contributed by atoms with van der Waals surface area (Å²) in [4.78, 5) is 18.1. The molecule has 3 rings (SSSR count). The van der Waals surface area contributed by atoms with Crippen molar-refractivity contribution in [3.8, 4) is 0 Å². The third-order valence-electron chi connectivity index (χ3n) is 3.25. The number of hydrazone groups is 1. The molecular weight excluding hydrogens is 356 g/mol. The van der Waals surface area contributed by atoms with Crippen LogP contribution in [-0.2, 0) is 4.79 Å². The molecule has 0 fully saturated rings. The average Bonchev–Trinajstić information content (AvgIpc) is 3.04. The Bertz CT molecular complexity index is 895. The van der Waals surface area contributed by atoms with Crippen LogP contribution in [0.1, 0.15) is 12.6 Å². The van der Waals surface area contributed by atoms with Gasteiger partial charge in [-0.25, -0.2) is 4.98 Å². The van der Waals surface area contributed by atoms with Gasteiger partial charge in [-0.15, -0.1) is 11.3 Å². The smallest absolute Gasteiger partial charge is 0.230 e. The standard InChI is InChI=1S/C18H15ClN4OS/c1-13(24)23(17-8-3-2-4-9-17)18-21-16(12-25-18)11-20-22-15-7-5-6-14(19)10-15/h2-12,22H,1H3/b20-11-. The maximum absolute atomic E-state index is 12.0. The van der Waals surface area contributed by atoms with Gasteiger partial charge in [0.1, 0.15) is 0 Å². The van der Waals surface area contributed by atoms with E-state index in [0.29, 0.717) is 15.8 Å². The van der Waals surface area contributed by atoms with Gasteiger partial charge in [0.25, 0.3) is 0 Å². The molecule has 1 aromatic heterocycles. The molecule has 2 aromatic carbocycles. The summed E-state index contributed by atoms with van der Waals surface area (Å²) in [6.45, 7) is 1.52. The zero-order valence-electron chi connectivity index (χ0n) is 13.4. The Morgan fingerprint density at radius 2 is 2.04 bits per heavy atom. The number of benzene rings is 2. The number of rotatable bonds is 5. The van der Waals surface area contributed by atoms with Crippen molar-refractivity contribution in [2.75, 3.05) is 10.3 Å². The van der Waals surface area contributed by atoms with Crippen LogP contribution in [-0.4, -0.2) is 17.1 Å². The number of carbonyl (C=O) groups excluding carboxylic acids is 1. The van der Waals surface area contributed by atoms with E-state index in [2.05, 4.69) is 15.5 Å². The Labute approximate surface area is 154 Å². The lowest BCUT2D eigenvalue weighted by atomic mass is 10.3. The summed E-state index contributed by atoms with van der Waals surface area (Å²) in [6.07, 6.45) is 1.60. The van der Waals surface area contributed by atoms with Crippen LogP contribution in [0.4, 0.5) is 16.5 Å². The van der Waals surface area contributed by atoms with Crippen molar-refractivity contribution < 1.29 is 4.79 Å². The molecule has 0 bridgehead atoms. The SMILES string of the molecule is CC(=O)N(c1ccccc1)c1nc(/C=N\Nc2cccc(Cl)c2)cs1. The van der Waals surface area contributed by atoms with Crippen molar-refractivity contribution >= 4 is 51.6 Å². The van der Waals surface area contributed by atoms with E-state index in [4.69, 9.17) is 11.6 Å². The number of halogens is 1. The van der Waals surface area contributed by atoms with Gasteiger partial charge >= 0.3 is 0 Å². The number of amides is 1. The molecule has 0 unspecified atom stereocenters. The summed E-state index contributed by atoms with van der Waals surface area (Å²) < 4.78 is 0. The third kappa shape index (κ3) is 4.43. The van der Waals surface area contributed by atoms with E-state index >= 15 is 0 Å². The topological polar surface area (TPSA) is 57.6 Å². The normalized spacial score (nSPS) is 10.8. The van der Waals surface area contributed by atoms with Crippen LogP contribution in [0.5, 0.6) is 0 Å². The number of hydrogen-bond acceptors (Lipinski definition) is 5. The molecule has 0 spiro atoms. The molecule has 25 heavy (non-hydrogen) atoms. The number of anilines is 3. The highest BCUT2D eigenvalue weighted by atomic mass is 35.5. The minimum atomic E-state index is -0.0962. The van der Waals surface area contributed by atoms with Gasteiger partial charge in [-0.05, 0) is 30.3 Å². The second-order valence-electron chi connectivity index (χ2n) is 5.13. The molecule has 0 radical (unpaired) electrons. The summed E-state index contributed by atoms with van der Waals surface area (Å²) >= 11 is 7.31. The summed E-state index contributed by atoms with van der Waals surface area (Å²) in [5, 5.41) is 7.23. The number of nitrogens with zero attached hydrogens (tertiary/aromatic N) is 3. The van der Waals surface area contributed by atoms with Crippen molar-refractivity contribution in [3.63, 3.8) is 0 Å². The molecule has 0 aliphatic heterocycles. The molecule has 126 valence electrons. The molecule has 0 atom stereocenters. The Morgan fingerprint density at radius 3 is 2.76 bits per heavy atom. The van der Waals surface area contributed by atoms with E-state index in [1.165, 1.54) is 18.3 Å². The highest BCUT2D eigenvalue weighted by molar-refractivity contribution is 7.14. The maximum Gasteiger partial charge on any atom is 0.230 e. The molecule has 0 saturated carbocycles. The molecular formula is C18H15ClN4OS. The van der Waals surface area contributed by atoms with E-state index in [-0.39, 0.29) is 5.91 Å². The minimum Gasteiger partial charge on any atom is -0.278 e. The third-order valence-corrected chi connectivity index (χ3v) is 4.32. The van der Waals surface area contributed by atoms with E-state index in [1.54, 1.807) is 23.2 Å². The zero-order chi connectivity index (χ0) is 17.6. The van der Waals surface area contributed by atoms with Gasteiger partial charge in [-0.3, -0.25) is 15.1 Å². The van der Waals surface area contributed by atoms with Crippen LogP contribution in [0.2, 0.25) is 5.02 Å². The molecule has 1 amide bonds. The number of nitrogens with one attached hydrogen (secondary N) is 1. The molecule has 5 nitrogen and oxygen atoms in total. The van der Waals surface area contributed by atoms with Crippen molar-refractivity contribution in [3.05, 3.63) is 70.7 Å². The lowest BCUT2D eigenvalue weighted by Crippen LogP contribution is -2.22. The first-order valence-electron chi connectivity index (χ1n) is 7.49. The number of thiazole rings is 1. The summed E-state index contributed by atoms with van der Waals surface area (Å²) in [7, 11) is 0. The Hall–Kier alpha value is -2.70. The average molecular weight is 371 g/mol. The van der Waals surface area contributed by atoms with E-state index < -0.39 is 0 Å². The molecule has 3 aromatic rings. The second-order valence-corrected chi connectivity index (χ2v) is 6.40. The summed E-state index contributed by atoms with van der Waals surface area (Å²) in [6, 6.07) is 16.7. The first-order chi connectivity index (χ1) is 12.1. The first-order valence-corrected chi connectivity index (χ1v) is 8.75. The van der Waals surface area contributed by atoms with Crippen LogP contribution in [0.25, 0.3) is 0 Å². The highest BCUT2D eigenvalue weighted by Crippen LogP contribution is 2.28. The second kappa shape index (κ2) is 7.92. The largest absolute Gasteiger partial charge is 0.278 e. The summed E-state index contributed by atoms with van der Waals surface area (Å²) in [5.74, 6) is -0.0962. The number of carbonyl (C=O) groups is 1.